The van der Waals surface area contributed by atoms with E-state index in [4.69, 9.17) is 0 Å². The van der Waals surface area contributed by atoms with Crippen molar-refractivity contribution in [1.82, 2.24) is 4.31 Å². The maximum Gasteiger partial charge on any atom is 0.213 e. The summed E-state index contributed by atoms with van der Waals surface area (Å²) in [6.45, 7) is 6.73. The fraction of sp³-hybridized carbons (Fsp3) is 0.778. The molecule has 0 aromatic carbocycles. The fourth-order valence-electron chi connectivity index (χ4n) is 1.57. The molecule has 1 rings (SSSR count). The molecule has 76 valence electrons. The van der Waals surface area contributed by atoms with Gasteiger partial charge in [0.2, 0.25) is 10.0 Å². The van der Waals surface area contributed by atoms with Crippen molar-refractivity contribution in [3.63, 3.8) is 0 Å². The van der Waals surface area contributed by atoms with Crippen molar-refractivity contribution >= 4 is 10.0 Å². The lowest BCUT2D eigenvalue weighted by Crippen LogP contribution is -2.38. The Hall–Kier alpha value is -0.350. The van der Waals surface area contributed by atoms with E-state index in [1.54, 1.807) is 11.2 Å². The summed E-state index contributed by atoms with van der Waals surface area (Å²) in [5, 5.41) is 0. The minimum atomic E-state index is -2.95. The summed E-state index contributed by atoms with van der Waals surface area (Å²) >= 11 is 0. The lowest BCUT2D eigenvalue weighted by Gasteiger charge is -2.29. The molecule has 0 amide bonds. The van der Waals surface area contributed by atoms with Gasteiger partial charge in [0.1, 0.15) is 0 Å². The third-order valence-electron chi connectivity index (χ3n) is 2.59. The van der Waals surface area contributed by atoms with E-state index in [1.165, 1.54) is 0 Å². The average molecular weight is 203 g/mol. The van der Waals surface area contributed by atoms with Gasteiger partial charge in [-0.3, -0.25) is 0 Å². The number of allylic oxidation sites excluding steroid dienone is 1. The first-order valence-electron chi connectivity index (χ1n) is 4.70. The lowest BCUT2D eigenvalue weighted by molar-refractivity contribution is 0.306. The van der Waals surface area contributed by atoms with Crippen LogP contribution in [0.1, 0.15) is 19.8 Å². The van der Waals surface area contributed by atoms with Gasteiger partial charge in [0.25, 0.3) is 0 Å². The second kappa shape index (κ2) is 4.24. The zero-order valence-corrected chi connectivity index (χ0v) is 8.89. The van der Waals surface area contributed by atoms with Gasteiger partial charge in [-0.25, -0.2) is 12.7 Å². The molecular formula is C9H17NO2S. The average Bonchev–Trinajstić information content (AvgIpc) is 2.18. The van der Waals surface area contributed by atoms with Crippen molar-refractivity contribution in [2.75, 3.05) is 18.8 Å². The van der Waals surface area contributed by atoms with Gasteiger partial charge in [0.15, 0.2) is 0 Å². The fourth-order valence-corrected chi connectivity index (χ4v) is 2.70. The number of nitrogens with zero attached hydrogens (tertiary/aromatic N) is 1. The number of hydrogen-bond acceptors (Lipinski definition) is 2. The highest BCUT2D eigenvalue weighted by Gasteiger charge is 2.24. The normalized spacial score (nSPS) is 21.6. The summed E-state index contributed by atoms with van der Waals surface area (Å²) in [6.07, 6.45) is 3.77. The predicted molar refractivity (Wildman–Crippen MR) is 54.0 cm³/mol. The maximum atomic E-state index is 11.4. The highest BCUT2D eigenvalue weighted by Crippen LogP contribution is 2.19. The first-order chi connectivity index (χ1) is 6.10. The summed E-state index contributed by atoms with van der Waals surface area (Å²) < 4.78 is 24.5. The molecule has 1 aliphatic rings. The summed E-state index contributed by atoms with van der Waals surface area (Å²) in [6, 6.07) is 0. The van der Waals surface area contributed by atoms with Gasteiger partial charge in [0.05, 0.1) is 5.75 Å². The van der Waals surface area contributed by atoms with Gasteiger partial charge in [-0.05, 0) is 25.7 Å². The number of piperidine rings is 1. The van der Waals surface area contributed by atoms with Crippen LogP contribution in [-0.2, 0) is 10.0 Å². The van der Waals surface area contributed by atoms with Crippen LogP contribution in [0.2, 0.25) is 0 Å². The summed E-state index contributed by atoms with van der Waals surface area (Å²) in [5.74, 6) is 0.717. The minimum absolute atomic E-state index is 0.214. The molecule has 1 heterocycles. The molecule has 1 saturated heterocycles. The van der Waals surface area contributed by atoms with E-state index in [-0.39, 0.29) is 5.75 Å². The van der Waals surface area contributed by atoms with Crippen LogP contribution < -0.4 is 0 Å². The van der Waals surface area contributed by atoms with E-state index in [9.17, 15) is 8.42 Å². The molecule has 0 N–H and O–H groups in total. The van der Waals surface area contributed by atoms with Crippen LogP contribution in [-0.4, -0.2) is 31.6 Å². The summed E-state index contributed by atoms with van der Waals surface area (Å²) in [7, 11) is -2.95. The highest BCUT2D eigenvalue weighted by atomic mass is 32.2. The summed E-state index contributed by atoms with van der Waals surface area (Å²) in [4.78, 5) is 0. The minimum Gasteiger partial charge on any atom is -0.212 e. The van der Waals surface area contributed by atoms with Gasteiger partial charge in [0, 0.05) is 13.1 Å². The number of rotatable bonds is 3. The van der Waals surface area contributed by atoms with Crippen molar-refractivity contribution in [2.45, 2.75) is 19.8 Å². The molecule has 0 saturated carbocycles. The van der Waals surface area contributed by atoms with Crippen LogP contribution in [0.3, 0.4) is 0 Å². The van der Waals surface area contributed by atoms with E-state index in [0.29, 0.717) is 19.0 Å². The van der Waals surface area contributed by atoms with Crippen molar-refractivity contribution < 1.29 is 8.42 Å². The second-order valence-corrected chi connectivity index (χ2v) is 5.63. The Morgan fingerprint density at radius 1 is 1.46 bits per heavy atom. The first kappa shape index (κ1) is 10.7. The Bertz CT molecular complexity index is 263. The van der Waals surface area contributed by atoms with Gasteiger partial charge in [-0.2, -0.15) is 0 Å². The second-order valence-electron chi connectivity index (χ2n) is 3.37. The largest absolute Gasteiger partial charge is 0.213 e. The molecule has 4 heteroatoms. The Morgan fingerprint density at radius 2 is 2.00 bits per heavy atom. The molecule has 1 aliphatic heterocycles. The molecule has 3 nitrogen and oxygen atoms in total. The molecule has 13 heavy (non-hydrogen) atoms. The Morgan fingerprint density at radius 3 is 2.38 bits per heavy atom. The SMILES string of the molecule is C=CC1CCN(S(=O)(=O)CC)CC1. The van der Waals surface area contributed by atoms with Crippen LogP contribution in [0.4, 0.5) is 0 Å². The first-order valence-corrected chi connectivity index (χ1v) is 6.31. The molecule has 0 aromatic rings. The van der Waals surface area contributed by atoms with Crippen molar-refractivity contribution in [2.24, 2.45) is 5.92 Å². The standard InChI is InChI=1S/C9H17NO2S/c1-3-9-5-7-10(8-6-9)13(11,12)4-2/h3,9H,1,4-8H2,2H3. The number of sulfonamides is 1. The van der Waals surface area contributed by atoms with Gasteiger partial charge in [-0.1, -0.05) is 6.08 Å². The van der Waals surface area contributed by atoms with E-state index < -0.39 is 10.0 Å². The molecule has 0 bridgehead atoms. The van der Waals surface area contributed by atoms with Gasteiger partial charge < -0.3 is 0 Å². The number of hydrogen-bond donors (Lipinski definition) is 0. The lowest BCUT2D eigenvalue weighted by atomic mass is 9.99. The quantitative estimate of drug-likeness (QED) is 0.647. The van der Waals surface area contributed by atoms with Crippen molar-refractivity contribution in [3.05, 3.63) is 12.7 Å². The molecule has 0 radical (unpaired) electrons. The van der Waals surface area contributed by atoms with Crippen molar-refractivity contribution in [3.8, 4) is 0 Å². The van der Waals surface area contributed by atoms with Crippen LogP contribution in [0.15, 0.2) is 12.7 Å². The molecule has 0 unspecified atom stereocenters. The Kier molecular flexibility index (Phi) is 3.50. The molecule has 0 spiro atoms. The van der Waals surface area contributed by atoms with E-state index >= 15 is 0 Å². The predicted octanol–water partition coefficient (Wildman–Crippen LogP) is 1.23. The van der Waals surface area contributed by atoms with Crippen LogP contribution in [0.5, 0.6) is 0 Å². The van der Waals surface area contributed by atoms with E-state index in [0.717, 1.165) is 12.8 Å². The third kappa shape index (κ3) is 2.54. The van der Waals surface area contributed by atoms with E-state index in [1.807, 2.05) is 6.08 Å². The Labute approximate surface area is 80.5 Å². The van der Waals surface area contributed by atoms with E-state index in [2.05, 4.69) is 6.58 Å². The molecule has 1 fully saturated rings. The van der Waals surface area contributed by atoms with Gasteiger partial charge in [-0.15, -0.1) is 6.58 Å². The van der Waals surface area contributed by atoms with Crippen molar-refractivity contribution in [1.29, 1.82) is 0 Å². The maximum absolute atomic E-state index is 11.4. The zero-order chi connectivity index (χ0) is 9.90. The summed E-state index contributed by atoms with van der Waals surface area (Å²) in [5.41, 5.74) is 0. The Balaban J connectivity index is 2.55. The zero-order valence-electron chi connectivity index (χ0n) is 8.07. The topological polar surface area (TPSA) is 37.4 Å². The third-order valence-corrected chi connectivity index (χ3v) is 4.47. The highest BCUT2D eigenvalue weighted by molar-refractivity contribution is 7.89. The molecule has 0 aliphatic carbocycles. The molecular weight excluding hydrogens is 186 g/mol. The monoisotopic (exact) mass is 203 g/mol. The van der Waals surface area contributed by atoms with Crippen LogP contribution in [0, 0.1) is 5.92 Å². The van der Waals surface area contributed by atoms with Crippen LogP contribution >= 0.6 is 0 Å². The van der Waals surface area contributed by atoms with Crippen LogP contribution in [0.25, 0.3) is 0 Å². The van der Waals surface area contributed by atoms with Gasteiger partial charge >= 0.3 is 0 Å². The smallest absolute Gasteiger partial charge is 0.212 e. The molecule has 0 aromatic heterocycles. The molecule has 0 atom stereocenters.